The summed E-state index contributed by atoms with van der Waals surface area (Å²) in [5.41, 5.74) is 0. The van der Waals surface area contributed by atoms with Gasteiger partial charge in [-0.1, -0.05) is 0 Å². The fourth-order valence-corrected chi connectivity index (χ4v) is 3.60. The molecule has 0 N–H and O–H groups in total. The molecule has 1 amide bonds. The van der Waals surface area contributed by atoms with E-state index in [-0.39, 0.29) is 50.2 Å². The Balaban J connectivity index is 2.45. The van der Waals surface area contributed by atoms with Crippen molar-refractivity contribution >= 4 is 21.9 Å². The number of esters is 1. The van der Waals surface area contributed by atoms with Crippen molar-refractivity contribution in [1.29, 1.82) is 10.5 Å². The van der Waals surface area contributed by atoms with E-state index in [2.05, 4.69) is 0 Å². The van der Waals surface area contributed by atoms with Crippen LogP contribution < -0.4 is 0 Å². The number of halogens is 1. The number of carbonyl (C=O) groups excluding carboxylic acids is 2. The van der Waals surface area contributed by atoms with E-state index in [9.17, 15) is 22.4 Å². The van der Waals surface area contributed by atoms with Gasteiger partial charge in [0.2, 0.25) is 10.0 Å². The number of hydrogen-bond donors (Lipinski definition) is 0. The first-order chi connectivity index (χ1) is 14.2. The summed E-state index contributed by atoms with van der Waals surface area (Å²) < 4.78 is 43.7. The molecule has 0 aliphatic carbocycles. The maximum absolute atomic E-state index is 13.0. The average Bonchev–Trinajstić information content (AvgIpc) is 2.72. The summed E-state index contributed by atoms with van der Waals surface area (Å²) in [7, 11) is -2.46. The second kappa shape index (κ2) is 12.5. The Kier molecular flexibility index (Phi) is 10.4. The molecule has 0 radical (unpaired) electrons. The van der Waals surface area contributed by atoms with Gasteiger partial charge in [-0.05, 0) is 30.7 Å². The smallest absolute Gasteiger partial charge is 0.306 e. The highest BCUT2D eigenvalue weighted by Gasteiger charge is 2.21. The molecule has 0 unspecified atom stereocenters. The van der Waals surface area contributed by atoms with Gasteiger partial charge in [0.05, 0.1) is 29.9 Å². The van der Waals surface area contributed by atoms with E-state index in [4.69, 9.17) is 15.3 Å². The summed E-state index contributed by atoms with van der Waals surface area (Å²) in [5, 5.41) is 17.2. The molecule has 0 fully saturated rings. The second-order valence-corrected chi connectivity index (χ2v) is 8.29. The van der Waals surface area contributed by atoms with Crippen molar-refractivity contribution < 1.29 is 27.1 Å². The Labute approximate surface area is 175 Å². The number of ether oxygens (including phenoxy) is 1. The van der Waals surface area contributed by atoms with Crippen LogP contribution in [0, 0.1) is 28.5 Å². The Hall–Kier alpha value is -3.02. The molecule has 9 nitrogen and oxygen atoms in total. The number of benzene rings is 1. The van der Waals surface area contributed by atoms with E-state index in [1.165, 1.54) is 11.9 Å². The number of nitriles is 2. The lowest BCUT2D eigenvalue weighted by atomic mass is 10.3. The zero-order valence-electron chi connectivity index (χ0n) is 16.6. The summed E-state index contributed by atoms with van der Waals surface area (Å²) in [5.74, 6) is -1.73. The lowest BCUT2D eigenvalue weighted by Crippen LogP contribution is -2.36. The topological polar surface area (TPSA) is 132 Å². The highest BCUT2D eigenvalue weighted by atomic mass is 32.2. The van der Waals surface area contributed by atoms with Crippen molar-refractivity contribution in [3.8, 4) is 12.1 Å². The van der Waals surface area contributed by atoms with Crippen molar-refractivity contribution in [2.75, 3.05) is 33.3 Å². The third kappa shape index (κ3) is 8.15. The molecule has 0 heterocycles. The quantitative estimate of drug-likeness (QED) is 0.451. The number of sulfonamides is 1. The maximum Gasteiger partial charge on any atom is 0.306 e. The van der Waals surface area contributed by atoms with Crippen LogP contribution in [0.25, 0.3) is 0 Å². The standard InChI is InChI=1S/C19H23FN4O5S/c1-23(30(27,28)17-8-6-16(20)7-9-17)12-2-5-19(26)29-15-18(25)24(13-3-10-21)14-4-11-22/h6-9H,2-5,12-15H2,1H3. The fourth-order valence-electron chi connectivity index (χ4n) is 2.39. The molecule has 1 aromatic rings. The van der Waals surface area contributed by atoms with Gasteiger partial charge in [-0.25, -0.2) is 17.1 Å². The molecule has 0 saturated carbocycles. The summed E-state index contributed by atoms with van der Waals surface area (Å²) in [4.78, 5) is 25.1. The number of carbonyl (C=O) groups is 2. The molecule has 1 rings (SSSR count). The van der Waals surface area contributed by atoms with Gasteiger partial charge in [-0.15, -0.1) is 0 Å². The zero-order chi connectivity index (χ0) is 22.6. The number of nitrogens with zero attached hydrogens (tertiary/aromatic N) is 4. The normalized spacial score (nSPS) is 10.8. The molecule has 0 bridgehead atoms. The lowest BCUT2D eigenvalue weighted by Gasteiger charge is -2.20. The van der Waals surface area contributed by atoms with Gasteiger partial charge in [-0.3, -0.25) is 9.59 Å². The molecule has 162 valence electrons. The molecule has 0 saturated heterocycles. The van der Waals surface area contributed by atoms with Crippen LogP contribution in [0.4, 0.5) is 4.39 Å². The van der Waals surface area contributed by atoms with E-state index < -0.39 is 34.3 Å². The molecule has 1 aromatic carbocycles. The minimum Gasteiger partial charge on any atom is -0.456 e. The van der Waals surface area contributed by atoms with E-state index in [1.54, 1.807) is 0 Å². The van der Waals surface area contributed by atoms with Crippen molar-refractivity contribution in [3.63, 3.8) is 0 Å². The van der Waals surface area contributed by atoms with Gasteiger partial charge < -0.3 is 9.64 Å². The predicted molar refractivity (Wildman–Crippen MR) is 103 cm³/mol. The van der Waals surface area contributed by atoms with Gasteiger partial charge in [0, 0.05) is 33.1 Å². The second-order valence-electron chi connectivity index (χ2n) is 6.24. The first-order valence-corrected chi connectivity index (χ1v) is 10.6. The Bertz CT molecular complexity index is 888. The number of amides is 1. The van der Waals surface area contributed by atoms with Crippen LogP contribution in [-0.2, 0) is 24.3 Å². The van der Waals surface area contributed by atoms with Crippen molar-refractivity contribution in [2.45, 2.75) is 30.6 Å². The molecule has 0 aliphatic heterocycles. The van der Waals surface area contributed by atoms with E-state index >= 15 is 0 Å². The SMILES string of the molecule is CN(CCCC(=O)OCC(=O)N(CCC#N)CCC#N)S(=O)(=O)c1ccc(F)cc1. The van der Waals surface area contributed by atoms with Crippen molar-refractivity contribution in [3.05, 3.63) is 30.1 Å². The van der Waals surface area contributed by atoms with Crippen LogP contribution in [0.2, 0.25) is 0 Å². The molecule has 11 heteroatoms. The first-order valence-electron chi connectivity index (χ1n) is 9.11. The minimum absolute atomic E-state index is 0.0270. The van der Waals surface area contributed by atoms with Crippen LogP contribution in [0.1, 0.15) is 25.7 Å². The van der Waals surface area contributed by atoms with Crippen LogP contribution in [-0.4, -0.2) is 62.8 Å². The number of hydrogen-bond acceptors (Lipinski definition) is 7. The average molecular weight is 438 g/mol. The van der Waals surface area contributed by atoms with Gasteiger partial charge >= 0.3 is 5.97 Å². The van der Waals surface area contributed by atoms with Crippen LogP contribution in [0.3, 0.4) is 0 Å². The van der Waals surface area contributed by atoms with E-state index in [0.29, 0.717) is 0 Å². The molecule has 0 atom stereocenters. The van der Waals surface area contributed by atoms with E-state index in [0.717, 1.165) is 28.6 Å². The largest absolute Gasteiger partial charge is 0.456 e. The highest BCUT2D eigenvalue weighted by Crippen LogP contribution is 2.15. The van der Waals surface area contributed by atoms with Crippen LogP contribution in [0.15, 0.2) is 29.2 Å². The Morgan fingerprint density at radius 3 is 2.17 bits per heavy atom. The third-order valence-electron chi connectivity index (χ3n) is 4.07. The molecule has 30 heavy (non-hydrogen) atoms. The van der Waals surface area contributed by atoms with Crippen LogP contribution in [0.5, 0.6) is 0 Å². The summed E-state index contributed by atoms with van der Waals surface area (Å²) >= 11 is 0. The zero-order valence-corrected chi connectivity index (χ0v) is 17.4. The monoisotopic (exact) mass is 438 g/mol. The molecular weight excluding hydrogens is 415 g/mol. The third-order valence-corrected chi connectivity index (χ3v) is 5.94. The van der Waals surface area contributed by atoms with Gasteiger partial charge in [0.25, 0.3) is 5.91 Å². The van der Waals surface area contributed by atoms with E-state index in [1.807, 2.05) is 12.1 Å². The van der Waals surface area contributed by atoms with Crippen LogP contribution >= 0.6 is 0 Å². The lowest BCUT2D eigenvalue weighted by molar-refractivity contribution is -0.152. The van der Waals surface area contributed by atoms with Gasteiger partial charge in [0.15, 0.2) is 6.61 Å². The van der Waals surface area contributed by atoms with Crippen molar-refractivity contribution in [1.82, 2.24) is 9.21 Å². The molecule has 0 spiro atoms. The van der Waals surface area contributed by atoms with Gasteiger partial charge in [-0.2, -0.15) is 10.5 Å². The summed E-state index contributed by atoms with van der Waals surface area (Å²) in [6, 6.07) is 8.22. The minimum atomic E-state index is -3.81. The summed E-state index contributed by atoms with van der Waals surface area (Å²) in [6.07, 6.45) is 0.253. The molecule has 0 aromatic heterocycles. The summed E-state index contributed by atoms with van der Waals surface area (Å²) in [6.45, 7) is -0.208. The molecular formula is C19H23FN4O5S. The van der Waals surface area contributed by atoms with Gasteiger partial charge in [0.1, 0.15) is 5.82 Å². The Morgan fingerprint density at radius 1 is 1.07 bits per heavy atom. The maximum atomic E-state index is 13.0. The predicted octanol–water partition coefficient (Wildman–Crippen LogP) is 1.43. The highest BCUT2D eigenvalue weighted by molar-refractivity contribution is 7.89. The van der Waals surface area contributed by atoms with Crippen molar-refractivity contribution in [2.24, 2.45) is 0 Å². The number of rotatable bonds is 12. The fraction of sp³-hybridized carbons (Fsp3) is 0.474. The molecule has 0 aliphatic rings. The first kappa shape index (κ1) is 25.0. The Morgan fingerprint density at radius 2 is 1.63 bits per heavy atom.